The Kier molecular flexibility index (Phi) is 5.82. The van der Waals surface area contributed by atoms with Crippen LogP contribution in [0, 0.1) is 13.8 Å². The molecule has 5 nitrogen and oxygen atoms in total. The first-order chi connectivity index (χ1) is 19.6. The lowest BCUT2D eigenvalue weighted by molar-refractivity contribution is 1.15. The number of hydrogen-bond donors (Lipinski definition) is 0. The van der Waals surface area contributed by atoms with Gasteiger partial charge in [-0.25, -0.2) is 9.97 Å². The number of rotatable bonds is 4. The van der Waals surface area contributed by atoms with Gasteiger partial charge >= 0.3 is 0 Å². The van der Waals surface area contributed by atoms with Crippen LogP contribution >= 0.6 is 0 Å². The Morgan fingerprint density at radius 1 is 0.475 bits per heavy atom. The molecule has 0 amide bonds. The highest BCUT2D eigenvalue weighted by molar-refractivity contribution is 6.08. The lowest BCUT2D eigenvalue weighted by Gasteiger charge is -2.13. The summed E-state index contributed by atoms with van der Waals surface area (Å²) in [6.45, 7) is 4.06. The van der Waals surface area contributed by atoms with E-state index >= 15 is 0 Å². The molecule has 0 fully saturated rings. The molecule has 0 saturated carbocycles. The quantitative estimate of drug-likeness (QED) is 0.221. The van der Waals surface area contributed by atoms with Crippen molar-refractivity contribution in [3.8, 4) is 45.2 Å². The van der Waals surface area contributed by atoms with E-state index in [9.17, 15) is 0 Å². The van der Waals surface area contributed by atoms with Gasteiger partial charge in [0.25, 0.3) is 0 Å². The van der Waals surface area contributed by atoms with E-state index in [2.05, 4.69) is 71.7 Å². The molecule has 7 rings (SSSR count). The summed E-state index contributed by atoms with van der Waals surface area (Å²) in [7, 11) is 0. The molecule has 0 aliphatic heterocycles. The van der Waals surface area contributed by atoms with Gasteiger partial charge in [0.2, 0.25) is 0 Å². The molecular formula is C35H25N5. The van der Waals surface area contributed by atoms with Gasteiger partial charge in [-0.1, -0.05) is 72.8 Å². The number of benzene rings is 3. The van der Waals surface area contributed by atoms with Crippen molar-refractivity contribution in [2.24, 2.45) is 0 Å². The first-order valence-electron chi connectivity index (χ1n) is 13.3. The number of hydrogen-bond acceptors (Lipinski definition) is 5. The Morgan fingerprint density at radius 2 is 1.20 bits per heavy atom. The molecule has 5 heteroatoms. The van der Waals surface area contributed by atoms with E-state index in [1.807, 2.05) is 56.3 Å². The zero-order chi connectivity index (χ0) is 27.1. The maximum Gasteiger partial charge on any atom is 0.179 e. The zero-order valence-corrected chi connectivity index (χ0v) is 22.2. The Bertz CT molecular complexity index is 1960. The minimum absolute atomic E-state index is 0.598. The van der Waals surface area contributed by atoms with Crippen molar-refractivity contribution >= 4 is 21.8 Å². The van der Waals surface area contributed by atoms with Crippen molar-refractivity contribution in [2.45, 2.75) is 13.8 Å². The van der Waals surface area contributed by atoms with E-state index in [1.54, 1.807) is 6.20 Å². The summed E-state index contributed by atoms with van der Waals surface area (Å²) in [6.07, 6.45) is 1.77. The van der Waals surface area contributed by atoms with E-state index in [1.165, 1.54) is 0 Å². The molecule has 7 aromatic rings. The molecule has 4 aromatic heterocycles. The highest BCUT2D eigenvalue weighted by Gasteiger charge is 2.14. The van der Waals surface area contributed by atoms with Gasteiger partial charge in [0.15, 0.2) is 5.82 Å². The van der Waals surface area contributed by atoms with Crippen LogP contribution in [0.25, 0.3) is 67.0 Å². The van der Waals surface area contributed by atoms with E-state index in [0.717, 1.165) is 72.5 Å². The van der Waals surface area contributed by atoms with Crippen LogP contribution in [0.3, 0.4) is 0 Å². The van der Waals surface area contributed by atoms with Crippen LogP contribution in [0.4, 0.5) is 0 Å². The lowest BCUT2D eigenvalue weighted by Crippen LogP contribution is -1.97. The van der Waals surface area contributed by atoms with Crippen molar-refractivity contribution in [1.82, 2.24) is 24.9 Å². The highest BCUT2D eigenvalue weighted by atomic mass is 14.9. The zero-order valence-electron chi connectivity index (χ0n) is 22.2. The smallest absolute Gasteiger partial charge is 0.179 e. The predicted octanol–water partition coefficient (Wildman–Crippen LogP) is 8.25. The van der Waals surface area contributed by atoms with E-state index in [-0.39, 0.29) is 0 Å². The third-order valence-corrected chi connectivity index (χ3v) is 7.07. The molecule has 0 aliphatic carbocycles. The average molecular weight is 516 g/mol. The van der Waals surface area contributed by atoms with Crippen LogP contribution in [-0.4, -0.2) is 24.9 Å². The molecule has 0 N–H and O–H groups in total. The van der Waals surface area contributed by atoms with Crippen LogP contribution in [0.5, 0.6) is 0 Å². The van der Waals surface area contributed by atoms with Crippen LogP contribution in [0.15, 0.2) is 115 Å². The molecular weight excluding hydrogens is 490 g/mol. The Morgan fingerprint density at radius 3 is 2.02 bits per heavy atom. The largest absolute Gasteiger partial charge is 0.253 e. The summed E-state index contributed by atoms with van der Waals surface area (Å²) in [5, 5.41) is 2.17. The SMILES string of the molecule is Cc1ccc2ccc3c(-c4cccc(-c5cc(-c6ccccc6)nc(-c6ccccn6)n5)c4)cc(C)nc3c2n1. The Hall–Kier alpha value is -5.29. The lowest BCUT2D eigenvalue weighted by atomic mass is 9.96. The van der Waals surface area contributed by atoms with Crippen LogP contribution in [0.1, 0.15) is 11.4 Å². The maximum atomic E-state index is 4.97. The molecule has 190 valence electrons. The van der Waals surface area contributed by atoms with E-state index < -0.39 is 0 Å². The number of aryl methyl sites for hydroxylation is 2. The van der Waals surface area contributed by atoms with Crippen LogP contribution in [-0.2, 0) is 0 Å². The fourth-order valence-electron chi connectivity index (χ4n) is 5.14. The summed E-state index contributed by atoms with van der Waals surface area (Å²) >= 11 is 0. The number of fused-ring (bicyclic) bond motifs is 3. The first kappa shape index (κ1) is 23.8. The molecule has 0 aliphatic rings. The topological polar surface area (TPSA) is 64.5 Å². The van der Waals surface area contributed by atoms with Gasteiger partial charge in [0.05, 0.1) is 22.4 Å². The molecule has 0 radical (unpaired) electrons. The predicted molar refractivity (Wildman–Crippen MR) is 162 cm³/mol. The van der Waals surface area contributed by atoms with Gasteiger partial charge in [-0.3, -0.25) is 15.0 Å². The van der Waals surface area contributed by atoms with Crippen LogP contribution < -0.4 is 0 Å². The van der Waals surface area contributed by atoms with Gasteiger partial charge in [-0.05, 0) is 61.4 Å². The monoisotopic (exact) mass is 515 g/mol. The molecule has 0 spiro atoms. The van der Waals surface area contributed by atoms with Crippen molar-refractivity contribution in [3.05, 3.63) is 127 Å². The Balaban J connectivity index is 1.41. The highest BCUT2D eigenvalue weighted by Crippen LogP contribution is 2.35. The van der Waals surface area contributed by atoms with E-state index in [4.69, 9.17) is 19.9 Å². The maximum absolute atomic E-state index is 4.97. The van der Waals surface area contributed by atoms with Crippen molar-refractivity contribution in [1.29, 1.82) is 0 Å². The Labute approximate surface area is 232 Å². The van der Waals surface area contributed by atoms with Gasteiger partial charge in [0, 0.05) is 39.5 Å². The molecule has 0 bridgehead atoms. The molecule has 0 saturated heterocycles. The molecule has 4 heterocycles. The second kappa shape index (κ2) is 9.79. The summed E-state index contributed by atoms with van der Waals surface area (Å²) in [5.74, 6) is 0.598. The summed E-state index contributed by atoms with van der Waals surface area (Å²) < 4.78 is 0. The second-order valence-corrected chi connectivity index (χ2v) is 9.92. The second-order valence-electron chi connectivity index (χ2n) is 9.92. The molecule has 0 unspecified atom stereocenters. The van der Waals surface area contributed by atoms with E-state index in [0.29, 0.717) is 5.82 Å². The van der Waals surface area contributed by atoms with Crippen LogP contribution in [0.2, 0.25) is 0 Å². The number of pyridine rings is 3. The van der Waals surface area contributed by atoms with Gasteiger partial charge < -0.3 is 0 Å². The molecule has 0 atom stereocenters. The summed E-state index contributed by atoms with van der Waals surface area (Å²) in [4.78, 5) is 24.1. The summed E-state index contributed by atoms with van der Waals surface area (Å²) in [5.41, 5.74) is 10.5. The van der Waals surface area contributed by atoms with Crippen molar-refractivity contribution < 1.29 is 0 Å². The fourth-order valence-corrected chi connectivity index (χ4v) is 5.14. The molecule has 40 heavy (non-hydrogen) atoms. The normalized spacial score (nSPS) is 11.2. The standard InChI is InChI=1S/C35H25N5/c1-22-14-15-25-16-17-28-29(19-23(2)38-34(28)33(25)37-22)26-11-8-12-27(20-26)32-21-31(24-9-4-3-5-10-24)39-35(40-32)30-13-6-7-18-36-30/h3-21H,1-2H3. The van der Waals surface area contributed by atoms with Gasteiger partial charge in [-0.15, -0.1) is 0 Å². The minimum atomic E-state index is 0.598. The van der Waals surface area contributed by atoms with Crippen molar-refractivity contribution in [3.63, 3.8) is 0 Å². The first-order valence-corrected chi connectivity index (χ1v) is 13.3. The summed E-state index contributed by atoms with van der Waals surface area (Å²) in [6, 6.07) is 37.1. The average Bonchev–Trinajstić information content (AvgIpc) is 3.01. The number of aromatic nitrogens is 5. The number of nitrogens with zero attached hydrogens (tertiary/aromatic N) is 5. The van der Waals surface area contributed by atoms with Gasteiger partial charge in [0.1, 0.15) is 5.69 Å². The van der Waals surface area contributed by atoms with Gasteiger partial charge in [-0.2, -0.15) is 0 Å². The fraction of sp³-hybridized carbons (Fsp3) is 0.0571. The van der Waals surface area contributed by atoms with Crippen molar-refractivity contribution in [2.75, 3.05) is 0 Å². The minimum Gasteiger partial charge on any atom is -0.253 e. The third-order valence-electron chi connectivity index (χ3n) is 7.07. The molecule has 3 aromatic carbocycles. The third kappa shape index (κ3) is 4.37.